The summed E-state index contributed by atoms with van der Waals surface area (Å²) >= 11 is 5.57. The predicted octanol–water partition coefficient (Wildman–Crippen LogP) is 5.05. The Bertz CT molecular complexity index is 638. The third kappa shape index (κ3) is 4.50. The van der Waals surface area contributed by atoms with Gasteiger partial charge in [-0.3, -0.25) is 4.79 Å². The Hall–Kier alpha value is -2.00. The van der Waals surface area contributed by atoms with Gasteiger partial charge in [0.1, 0.15) is 11.5 Å². The maximum atomic E-state index is 11.6. The summed E-state index contributed by atoms with van der Waals surface area (Å²) in [4.78, 5) is 11.6. The number of carbonyl (C=O) groups excluding carboxylic acids is 1. The average Bonchev–Trinajstić information content (AvgIpc) is 2.51. The van der Waals surface area contributed by atoms with E-state index in [1.807, 2.05) is 43.3 Å². The Morgan fingerprint density at radius 1 is 1.14 bits per heavy atom. The first-order valence-corrected chi connectivity index (χ1v) is 7.83. The van der Waals surface area contributed by atoms with Crippen LogP contribution in [0.3, 0.4) is 0 Å². The first-order chi connectivity index (χ1) is 10.6. The van der Waals surface area contributed by atoms with Gasteiger partial charge in [-0.1, -0.05) is 12.1 Å². The van der Waals surface area contributed by atoms with Gasteiger partial charge in [-0.2, -0.15) is 0 Å². The van der Waals surface area contributed by atoms with Crippen LogP contribution in [-0.2, 0) is 4.79 Å². The average molecular weight is 318 g/mol. The summed E-state index contributed by atoms with van der Waals surface area (Å²) in [6.45, 7) is 4.10. The number of halogens is 1. The van der Waals surface area contributed by atoms with E-state index >= 15 is 0 Å². The van der Waals surface area contributed by atoms with Gasteiger partial charge in [-0.05, 0) is 61.7 Å². The summed E-state index contributed by atoms with van der Waals surface area (Å²) in [5.74, 6) is 2.06. The summed E-state index contributed by atoms with van der Waals surface area (Å²) in [5.41, 5.74) is 3.08. The Morgan fingerprint density at radius 3 is 2.55 bits per heavy atom. The highest BCUT2D eigenvalue weighted by atomic mass is 35.5. The molecule has 0 bridgehead atoms. The summed E-state index contributed by atoms with van der Waals surface area (Å²) in [6.07, 6.45) is 1.12. The van der Waals surface area contributed by atoms with E-state index in [0.29, 0.717) is 18.7 Å². The molecule has 3 nitrogen and oxygen atoms in total. The van der Waals surface area contributed by atoms with Gasteiger partial charge >= 0.3 is 0 Å². The van der Waals surface area contributed by atoms with Gasteiger partial charge in [0, 0.05) is 18.0 Å². The number of hydrogen-bond donors (Lipinski definition) is 1. The normalized spacial score (nSPS) is 10.3. The molecule has 0 atom stereocenters. The molecule has 0 aliphatic rings. The van der Waals surface area contributed by atoms with E-state index in [-0.39, 0.29) is 5.91 Å². The van der Waals surface area contributed by atoms with Crippen molar-refractivity contribution in [3.05, 3.63) is 53.6 Å². The number of alkyl halides is 1. The molecule has 0 saturated carbocycles. The molecular formula is C18H20ClNO2. The standard InChI is InChI=1S/C18H20ClNO2/c1-13-5-3-6-17(14(13)2)22-16-10-8-15(9-11-16)20-18(21)7-4-12-19/h3,5-6,8-11H,4,7,12H2,1-2H3,(H,20,21). The molecule has 0 radical (unpaired) electrons. The fraction of sp³-hybridized carbons (Fsp3) is 0.278. The van der Waals surface area contributed by atoms with E-state index in [4.69, 9.17) is 16.3 Å². The number of ether oxygens (including phenoxy) is 1. The number of carbonyl (C=O) groups is 1. The third-order valence-electron chi connectivity index (χ3n) is 3.46. The van der Waals surface area contributed by atoms with E-state index < -0.39 is 0 Å². The highest BCUT2D eigenvalue weighted by Crippen LogP contribution is 2.27. The molecular weight excluding hydrogens is 298 g/mol. The molecule has 2 aromatic carbocycles. The number of benzene rings is 2. The zero-order valence-electron chi connectivity index (χ0n) is 12.9. The van der Waals surface area contributed by atoms with Crippen LogP contribution in [0.5, 0.6) is 11.5 Å². The van der Waals surface area contributed by atoms with Crippen molar-refractivity contribution in [2.24, 2.45) is 0 Å². The summed E-state index contributed by atoms with van der Waals surface area (Å²) in [7, 11) is 0. The lowest BCUT2D eigenvalue weighted by molar-refractivity contribution is -0.116. The van der Waals surface area contributed by atoms with Crippen molar-refractivity contribution < 1.29 is 9.53 Å². The van der Waals surface area contributed by atoms with Crippen molar-refractivity contribution in [2.75, 3.05) is 11.2 Å². The molecule has 0 aromatic heterocycles. The lowest BCUT2D eigenvalue weighted by Crippen LogP contribution is -2.11. The zero-order chi connectivity index (χ0) is 15.9. The van der Waals surface area contributed by atoms with Gasteiger partial charge in [0.2, 0.25) is 5.91 Å². The highest BCUT2D eigenvalue weighted by molar-refractivity contribution is 6.18. The van der Waals surface area contributed by atoms with Crippen LogP contribution in [0.1, 0.15) is 24.0 Å². The smallest absolute Gasteiger partial charge is 0.224 e. The second-order valence-electron chi connectivity index (χ2n) is 5.17. The maximum absolute atomic E-state index is 11.6. The number of amides is 1. The molecule has 0 aliphatic carbocycles. The van der Waals surface area contributed by atoms with E-state index in [9.17, 15) is 4.79 Å². The molecule has 4 heteroatoms. The molecule has 116 valence electrons. The van der Waals surface area contributed by atoms with Crippen molar-refractivity contribution in [1.29, 1.82) is 0 Å². The second kappa shape index (κ2) is 7.85. The fourth-order valence-corrected chi connectivity index (χ4v) is 2.15. The fourth-order valence-electron chi connectivity index (χ4n) is 2.02. The quantitative estimate of drug-likeness (QED) is 0.757. The molecule has 22 heavy (non-hydrogen) atoms. The molecule has 1 amide bonds. The summed E-state index contributed by atoms with van der Waals surface area (Å²) in [5, 5.41) is 2.84. The Balaban J connectivity index is 2.00. The van der Waals surface area contributed by atoms with E-state index in [0.717, 1.165) is 22.7 Å². The Labute approximate surface area is 136 Å². The van der Waals surface area contributed by atoms with Crippen molar-refractivity contribution in [3.8, 4) is 11.5 Å². The van der Waals surface area contributed by atoms with E-state index in [1.54, 1.807) is 0 Å². The van der Waals surface area contributed by atoms with Crippen LogP contribution >= 0.6 is 11.6 Å². The van der Waals surface area contributed by atoms with Gasteiger partial charge in [0.05, 0.1) is 0 Å². The monoisotopic (exact) mass is 317 g/mol. The Morgan fingerprint density at radius 2 is 1.86 bits per heavy atom. The minimum atomic E-state index is -0.0242. The molecule has 0 saturated heterocycles. The number of nitrogens with one attached hydrogen (secondary N) is 1. The molecule has 0 fully saturated rings. The first-order valence-electron chi connectivity index (χ1n) is 7.30. The van der Waals surface area contributed by atoms with Crippen molar-refractivity contribution >= 4 is 23.2 Å². The summed E-state index contributed by atoms with van der Waals surface area (Å²) < 4.78 is 5.88. The minimum Gasteiger partial charge on any atom is -0.457 e. The largest absolute Gasteiger partial charge is 0.457 e. The molecule has 2 rings (SSSR count). The number of anilines is 1. The van der Waals surface area contributed by atoms with Crippen molar-refractivity contribution in [1.82, 2.24) is 0 Å². The molecule has 0 spiro atoms. The lowest BCUT2D eigenvalue weighted by atomic mass is 10.1. The third-order valence-corrected chi connectivity index (χ3v) is 3.73. The lowest BCUT2D eigenvalue weighted by Gasteiger charge is -2.11. The van der Waals surface area contributed by atoms with Crippen LogP contribution in [0.2, 0.25) is 0 Å². The van der Waals surface area contributed by atoms with Gasteiger partial charge < -0.3 is 10.1 Å². The van der Waals surface area contributed by atoms with Gasteiger partial charge in [0.15, 0.2) is 0 Å². The predicted molar refractivity (Wildman–Crippen MR) is 91.0 cm³/mol. The molecule has 1 N–H and O–H groups in total. The Kier molecular flexibility index (Phi) is 5.84. The summed E-state index contributed by atoms with van der Waals surface area (Å²) in [6, 6.07) is 13.3. The highest BCUT2D eigenvalue weighted by Gasteiger charge is 2.05. The SMILES string of the molecule is Cc1cccc(Oc2ccc(NC(=O)CCCCl)cc2)c1C. The van der Waals surface area contributed by atoms with Crippen LogP contribution in [0.4, 0.5) is 5.69 Å². The number of aryl methyl sites for hydroxylation is 1. The van der Waals surface area contributed by atoms with Crippen LogP contribution < -0.4 is 10.1 Å². The van der Waals surface area contributed by atoms with Crippen LogP contribution in [0.25, 0.3) is 0 Å². The van der Waals surface area contributed by atoms with Crippen LogP contribution in [-0.4, -0.2) is 11.8 Å². The molecule has 0 heterocycles. The maximum Gasteiger partial charge on any atom is 0.224 e. The van der Waals surface area contributed by atoms with E-state index in [1.165, 1.54) is 5.56 Å². The second-order valence-corrected chi connectivity index (χ2v) is 5.54. The van der Waals surface area contributed by atoms with Gasteiger partial charge in [-0.15, -0.1) is 11.6 Å². The van der Waals surface area contributed by atoms with Crippen molar-refractivity contribution in [3.63, 3.8) is 0 Å². The van der Waals surface area contributed by atoms with Crippen LogP contribution in [0.15, 0.2) is 42.5 Å². The zero-order valence-corrected chi connectivity index (χ0v) is 13.6. The van der Waals surface area contributed by atoms with Gasteiger partial charge in [0.25, 0.3) is 0 Å². The first kappa shape index (κ1) is 16.4. The number of hydrogen-bond acceptors (Lipinski definition) is 2. The van der Waals surface area contributed by atoms with Gasteiger partial charge in [-0.25, -0.2) is 0 Å². The van der Waals surface area contributed by atoms with E-state index in [2.05, 4.69) is 18.3 Å². The topological polar surface area (TPSA) is 38.3 Å². The molecule has 2 aromatic rings. The molecule has 0 aliphatic heterocycles. The number of rotatable bonds is 6. The molecule has 0 unspecified atom stereocenters. The van der Waals surface area contributed by atoms with Crippen LogP contribution in [0, 0.1) is 13.8 Å². The minimum absolute atomic E-state index is 0.0242. The van der Waals surface area contributed by atoms with Crippen molar-refractivity contribution in [2.45, 2.75) is 26.7 Å².